The summed E-state index contributed by atoms with van der Waals surface area (Å²) in [5, 5.41) is 14.1. The number of rotatable bonds is 6. The van der Waals surface area contributed by atoms with Gasteiger partial charge >= 0.3 is 0 Å². The Hall–Kier alpha value is -2.87. The molecule has 0 spiro atoms. The van der Waals surface area contributed by atoms with Gasteiger partial charge in [-0.3, -0.25) is 14.9 Å². The van der Waals surface area contributed by atoms with Crippen molar-refractivity contribution in [1.29, 1.82) is 0 Å². The number of non-ortho nitro benzene ring substituents is 1. The Morgan fingerprint density at radius 2 is 2.12 bits per heavy atom. The predicted molar refractivity (Wildman–Crippen MR) is 95.8 cm³/mol. The molecule has 7 nitrogen and oxygen atoms in total. The highest BCUT2D eigenvalue weighted by atomic mass is 32.2. The van der Waals surface area contributed by atoms with Crippen LogP contribution in [0.5, 0.6) is 0 Å². The second-order valence-corrected chi connectivity index (χ2v) is 6.40. The molecule has 2 aromatic carbocycles. The number of oxazole rings is 1. The van der Waals surface area contributed by atoms with Crippen molar-refractivity contribution in [3.63, 3.8) is 0 Å². The minimum Gasteiger partial charge on any atom is -0.431 e. The third-order valence-corrected chi connectivity index (χ3v) is 4.36. The highest BCUT2D eigenvalue weighted by molar-refractivity contribution is 7.99. The lowest BCUT2D eigenvalue weighted by atomic mass is 10.2. The molecule has 0 saturated heterocycles. The lowest BCUT2D eigenvalue weighted by molar-refractivity contribution is -0.384. The summed E-state index contributed by atoms with van der Waals surface area (Å²) in [6.07, 6.45) is 0.242. The molecule has 0 aliphatic carbocycles. The summed E-state index contributed by atoms with van der Waals surface area (Å²) in [7, 11) is 0. The Morgan fingerprint density at radius 3 is 2.88 bits per heavy atom. The smallest absolute Gasteiger partial charge is 0.271 e. The van der Waals surface area contributed by atoms with Gasteiger partial charge < -0.3 is 9.73 Å². The monoisotopic (exact) mass is 357 g/mol. The molecule has 3 rings (SSSR count). The molecule has 25 heavy (non-hydrogen) atoms. The van der Waals surface area contributed by atoms with Crippen LogP contribution in [0.3, 0.4) is 0 Å². The molecule has 0 unspecified atom stereocenters. The molecule has 0 atom stereocenters. The lowest BCUT2D eigenvalue weighted by Crippen LogP contribution is -2.13. The number of fused-ring (bicyclic) bond motifs is 1. The first-order chi connectivity index (χ1) is 12.0. The van der Waals surface area contributed by atoms with E-state index in [1.807, 2.05) is 24.3 Å². The molecule has 0 bridgehead atoms. The SMILES string of the molecule is Cc1ccc([N+](=O)[O-])cc1NC(=O)CCSc1nc2ccccc2o1. The van der Waals surface area contributed by atoms with Gasteiger partial charge in [0.15, 0.2) is 5.58 Å². The van der Waals surface area contributed by atoms with Gasteiger partial charge in [0.2, 0.25) is 5.91 Å². The maximum atomic E-state index is 12.1. The van der Waals surface area contributed by atoms with Crippen LogP contribution in [0.15, 0.2) is 52.1 Å². The van der Waals surface area contributed by atoms with Crippen LogP contribution in [-0.4, -0.2) is 21.6 Å². The Bertz CT molecular complexity index is 906. The van der Waals surface area contributed by atoms with Crippen molar-refractivity contribution in [3.8, 4) is 0 Å². The average Bonchev–Trinajstić information content (AvgIpc) is 2.99. The van der Waals surface area contributed by atoms with E-state index in [0.29, 0.717) is 22.2 Å². The molecule has 3 aromatic rings. The third-order valence-electron chi connectivity index (χ3n) is 3.53. The van der Waals surface area contributed by atoms with Gasteiger partial charge in [0, 0.05) is 24.3 Å². The number of nitro groups is 1. The number of thioether (sulfide) groups is 1. The molecule has 0 fully saturated rings. The number of amides is 1. The van der Waals surface area contributed by atoms with Gasteiger partial charge in [0.25, 0.3) is 10.9 Å². The van der Waals surface area contributed by atoms with Crippen molar-refractivity contribution in [2.45, 2.75) is 18.6 Å². The zero-order valence-corrected chi connectivity index (χ0v) is 14.2. The number of benzene rings is 2. The van der Waals surface area contributed by atoms with Crippen LogP contribution in [0.4, 0.5) is 11.4 Å². The van der Waals surface area contributed by atoms with Crippen LogP contribution in [0, 0.1) is 17.0 Å². The van der Waals surface area contributed by atoms with Crippen LogP contribution in [0.25, 0.3) is 11.1 Å². The maximum absolute atomic E-state index is 12.1. The van der Waals surface area contributed by atoms with Gasteiger partial charge in [-0.05, 0) is 24.6 Å². The molecule has 8 heteroatoms. The highest BCUT2D eigenvalue weighted by Crippen LogP contribution is 2.25. The van der Waals surface area contributed by atoms with E-state index in [4.69, 9.17) is 4.42 Å². The van der Waals surface area contributed by atoms with Crippen LogP contribution >= 0.6 is 11.8 Å². The van der Waals surface area contributed by atoms with E-state index in [1.54, 1.807) is 13.0 Å². The quantitative estimate of drug-likeness (QED) is 0.404. The van der Waals surface area contributed by atoms with Crippen LogP contribution in [0.2, 0.25) is 0 Å². The first-order valence-electron chi connectivity index (χ1n) is 7.56. The van der Waals surface area contributed by atoms with Crippen molar-refractivity contribution in [2.75, 3.05) is 11.1 Å². The van der Waals surface area contributed by atoms with Gasteiger partial charge in [-0.1, -0.05) is 30.0 Å². The van der Waals surface area contributed by atoms with E-state index >= 15 is 0 Å². The molecule has 1 amide bonds. The molecular weight excluding hydrogens is 342 g/mol. The molecule has 0 radical (unpaired) electrons. The topological polar surface area (TPSA) is 98.3 Å². The summed E-state index contributed by atoms with van der Waals surface area (Å²) in [5.41, 5.74) is 2.65. The maximum Gasteiger partial charge on any atom is 0.271 e. The fourth-order valence-electron chi connectivity index (χ4n) is 2.21. The third kappa shape index (κ3) is 4.16. The van der Waals surface area contributed by atoms with Gasteiger partial charge in [-0.2, -0.15) is 0 Å². The number of nitrogens with one attached hydrogen (secondary N) is 1. The Labute approximate surface area is 147 Å². The van der Waals surface area contributed by atoms with E-state index in [1.165, 1.54) is 23.9 Å². The molecule has 0 aliphatic heterocycles. The Kier molecular flexibility index (Phi) is 4.99. The molecular formula is C17H15N3O4S. The van der Waals surface area contributed by atoms with Crippen molar-refractivity contribution < 1.29 is 14.1 Å². The number of hydrogen-bond acceptors (Lipinski definition) is 6. The fraction of sp³-hybridized carbons (Fsp3) is 0.176. The molecule has 0 saturated carbocycles. The van der Waals surface area contributed by atoms with E-state index in [-0.39, 0.29) is 18.0 Å². The van der Waals surface area contributed by atoms with E-state index < -0.39 is 4.92 Å². The minimum atomic E-state index is -0.488. The number of aryl methyl sites for hydroxylation is 1. The zero-order valence-electron chi connectivity index (χ0n) is 13.4. The number of para-hydroxylation sites is 2. The van der Waals surface area contributed by atoms with Crippen LogP contribution in [-0.2, 0) is 4.79 Å². The Morgan fingerprint density at radius 1 is 1.32 bits per heavy atom. The van der Waals surface area contributed by atoms with Gasteiger partial charge in [-0.15, -0.1) is 0 Å². The summed E-state index contributed by atoms with van der Waals surface area (Å²) >= 11 is 1.35. The second kappa shape index (κ2) is 7.35. The van der Waals surface area contributed by atoms with Crippen molar-refractivity contribution in [1.82, 2.24) is 4.98 Å². The minimum absolute atomic E-state index is 0.0539. The van der Waals surface area contributed by atoms with Gasteiger partial charge in [0.1, 0.15) is 5.52 Å². The highest BCUT2D eigenvalue weighted by Gasteiger charge is 2.12. The molecule has 1 aromatic heterocycles. The summed E-state index contributed by atoms with van der Waals surface area (Å²) in [5.74, 6) is 0.277. The van der Waals surface area contributed by atoms with Crippen molar-refractivity contribution >= 4 is 40.1 Å². The predicted octanol–water partition coefficient (Wildman–Crippen LogP) is 4.17. The molecule has 1 N–H and O–H groups in total. The average molecular weight is 357 g/mol. The van der Waals surface area contributed by atoms with Gasteiger partial charge in [-0.25, -0.2) is 4.98 Å². The lowest BCUT2D eigenvalue weighted by Gasteiger charge is -2.07. The fourth-order valence-corrected chi connectivity index (χ4v) is 2.99. The van der Waals surface area contributed by atoms with E-state index in [0.717, 1.165) is 11.1 Å². The number of hydrogen-bond donors (Lipinski definition) is 1. The largest absolute Gasteiger partial charge is 0.431 e. The van der Waals surface area contributed by atoms with Crippen molar-refractivity contribution in [3.05, 3.63) is 58.1 Å². The van der Waals surface area contributed by atoms with Crippen LogP contribution < -0.4 is 5.32 Å². The summed E-state index contributed by atoms with van der Waals surface area (Å²) in [6, 6.07) is 11.8. The van der Waals surface area contributed by atoms with E-state index in [9.17, 15) is 14.9 Å². The number of carbonyl (C=O) groups is 1. The number of nitrogens with zero attached hydrogens (tertiary/aromatic N) is 2. The Balaban J connectivity index is 1.56. The summed E-state index contributed by atoms with van der Waals surface area (Å²) < 4.78 is 5.57. The first kappa shape index (κ1) is 17.0. The number of nitro benzene ring substituents is 1. The normalized spacial score (nSPS) is 10.8. The molecule has 0 aliphatic rings. The number of aromatic nitrogens is 1. The molecule has 1 heterocycles. The summed E-state index contributed by atoms with van der Waals surface area (Å²) in [6.45, 7) is 1.78. The number of carbonyl (C=O) groups excluding carboxylic acids is 1. The van der Waals surface area contributed by atoms with Crippen molar-refractivity contribution in [2.24, 2.45) is 0 Å². The summed E-state index contributed by atoms with van der Waals surface area (Å²) in [4.78, 5) is 26.7. The van der Waals surface area contributed by atoms with E-state index in [2.05, 4.69) is 10.3 Å². The second-order valence-electron chi connectivity index (χ2n) is 5.35. The molecule has 128 valence electrons. The standard InChI is InChI=1S/C17H15N3O4S/c1-11-6-7-12(20(22)23)10-14(11)18-16(21)8-9-25-17-19-13-4-2-3-5-15(13)24-17/h2-7,10H,8-9H2,1H3,(H,18,21). The zero-order chi connectivity index (χ0) is 17.8. The van der Waals surface area contributed by atoms with Gasteiger partial charge in [0.05, 0.1) is 10.6 Å². The number of anilines is 1. The first-order valence-corrected chi connectivity index (χ1v) is 8.55. The van der Waals surface area contributed by atoms with Crippen LogP contribution in [0.1, 0.15) is 12.0 Å².